The van der Waals surface area contributed by atoms with E-state index in [1.807, 2.05) is 54.7 Å². The Labute approximate surface area is 138 Å². The highest BCUT2D eigenvalue weighted by molar-refractivity contribution is 6.00. The number of aliphatic carboxylic acids is 1. The van der Waals surface area contributed by atoms with Crippen molar-refractivity contribution in [2.45, 2.75) is 12.6 Å². The number of nitrogens with zero attached hydrogens (tertiary/aromatic N) is 2. The maximum Gasteiger partial charge on any atom is 0.323 e. The van der Waals surface area contributed by atoms with Crippen LogP contribution in [0.3, 0.4) is 0 Å². The molecule has 0 spiro atoms. The van der Waals surface area contributed by atoms with E-state index in [0.717, 1.165) is 22.0 Å². The number of carbonyl (C=O) groups excluding carboxylic acids is 1. The van der Waals surface area contributed by atoms with Crippen LogP contribution in [0.2, 0.25) is 0 Å². The van der Waals surface area contributed by atoms with Crippen LogP contribution in [0, 0.1) is 0 Å². The number of aromatic nitrogens is 1. The summed E-state index contributed by atoms with van der Waals surface area (Å²) in [5.41, 5.74) is 3.48. The van der Waals surface area contributed by atoms with Gasteiger partial charge in [0.15, 0.2) is 0 Å². The second-order valence-electron chi connectivity index (χ2n) is 6.03. The lowest BCUT2D eigenvalue weighted by Crippen LogP contribution is -2.23. The summed E-state index contributed by atoms with van der Waals surface area (Å²) in [6.45, 7) is -0.105. The Balaban J connectivity index is 1.94. The van der Waals surface area contributed by atoms with Gasteiger partial charge in [-0.15, -0.1) is 0 Å². The molecule has 0 bridgehead atoms. The van der Waals surface area contributed by atoms with E-state index >= 15 is 0 Å². The molecule has 4 rings (SSSR count). The Bertz CT molecular complexity index is 974. The van der Waals surface area contributed by atoms with Gasteiger partial charge in [-0.2, -0.15) is 0 Å². The summed E-state index contributed by atoms with van der Waals surface area (Å²) in [7, 11) is 1.79. The molecule has 1 amide bonds. The van der Waals surface area contributed by atoms with E-state index in [1.165, 1.54) is 0 Å². The first-order valence-corrected chi connectivity index (χ1v) is 7.73. The van der Waals surface area contributed by atoms with Gasteiger partial charge in [0, 0.05) is 35.3 Å². The zero-order chi connectivity index (χ0) is 16.8. The Morgan fingerprint density at radius 2 is 1.79 bits per heavy atom. The van der Waals surface area contributed by atoms with Crippen LogP contribution in [0.15, 0.2) is 54.7 Å². The van der Waals surface area contributed by atoms with Crippen molar-refractivity contribution in [3.63, 3.8) is 0 Å². The van der Waals surface area contributed by atoms with Gasteiger partial charge in [0.1, 0.15) is 6.54 Å². The van der Waals surface area contributed by atoms with Crippen LogP contribution in [0.1, 0.15) is 27.5 Å². The molecule has 0 radical (unpaired) electrons. The number of hydrogen-bond donors (Lipinski definition) is 1. The minimum Gasteiger partial charge on any atom is -0.480 e. The van der Waals surface area contributed by atoms with Gasteiger partial charge in [-0.3, -0.25) is 9.59 Å². The zero-order valence-electron chi connectivity index (χ0n) is 13.1. The smallest absolute Gasteiger partial charge is 0.323 e. The van der Waals surface area contributed by atoms with Crippen molar-refractivity contribution in [1.29, 1.82) is 0 Å². The molecule has 0 saturated heterocycles. The van der Waals surface area contributed by atoms with Crippen molar-refractivity contribution >= 4 is 22.8 Å². The van der Waals surface area contributed by atoms with Crippen molar-refractivity contribution in [1.82, 2.24) is 9.47 Å². The first-order valence-electron chi connectivity index (χ1n) is 7.73. The average molecular weight is 320 g/mol. The number of rotatable bonds is 3. The third-order valence-electron chi connectivity index (χ3n) is 4.61. The average Bonchev–Trinajstić information content (AvgIpc) is 3.04. The summed E-state index contributed by atoms with van der Waals surface area (Å²) in [6.07, 6.45) is 1.86. The van der Waals surface area contributed by atoms with Crippen molar-refractivity contribution < 1.29 is 14.7 Å². The lowest BCUT2D eigenvalue weighted by molar-refractivity contribution is -0.137. The molecule has 1 aliphatic rings. The molecule has 5 nitrogen and oxygen atoms in total. The van der Waals surface area contributed by atoms with Gasteiger partial charge < -0.3 is 14.6 Å². The number of hydrogen-bond acceptors (Lipinski definition) is 2. The monoisotopic (exact) mass is 320 g/mol. The Hall–Kier alpha value is -3.08. The van der Waals surface area contributed by atoms with Crippen molar-refractivity contribution in [2.24, 2.45) is 0 Å². The highest BCUT2D eigenvalue weighted by Crippen LogP contribution is 2.40. The molecule has 0 saturated carbocycles. The molecule has 2 aromatic carbocycles. The standard InChI is InChI=1S/C19H16N2O3/c1-20-18(13-7-2-3-8-14(13)19(20)24)15-10-21(11-17(22)23)16-9-5-4-6-12(15)16/h2-10,18H,11H2,1H3,(H,22,23). The number of para-hydroxylation sites is 1. The molecule has 1 atom stereocenters. The van der Waals surface area contributed by atoms with E-state index in [4.69, 9.17) is 5.11 Å². The lowest BCUT2D eigenvalue weighted by Gasteiger charge is -2.20. The van der Waals surface area contributed by atoms with Crippen molar-refractivity contribution in [3.05, 3.63) is 71.4 Å². The van der Waals surface area contributed by atoms with Crippen molar-refractivity contribution in [3.8, 4) is 0 Å². The van der Waals surface area contributed by atoms with Crippen LogP contribution >= 0.6 is 0 Å². The van der Waals surface area contributed by atoms with E-state index < -0.39 is 5.97 Å². The largest absolute Gasteiger partial charge is 0.480 e. The Kier molecular flexibility index (Phi) is 3.16. The topological polar surface area (TPSA) is 62.5 Å². The van der Waals surface area contributed by atoms with Gasteiger partial charge in [-0.05, 0) is 17.7 Å². The molecule has 0 fully saturated rings. The molecule has 1 N–H and O–H groups in total. The molecule has 1 aliphatic heterocycles. The normalized spacial score (nSPS) is 16.6. The first-order chi connectivity index (χ1) is 11.6. The fourth-order valence-corrected chi connectivity index (χ4v) is 3.59. The van der Waals surface area contributed by atoms with Crippen LogP contribution < -0.4 is 0 Å². The second-order valence-corrected chi connectivity index (χ2v) is 6.03. The van der Waals surface area contributed by atoms with E-state index in [9.17, 15) is 9.59 Å². The quantitative estimate of drug-likeness (QED) is 0.807. The maximum atomic E-state index is 12.5. The minimum atomic E-state index is -0.890. The molecule has 5 heteroatoms. The minimum absolute atomic E-state index is 0.00864. The second kappa shape index (κ2) is 5.23. The number of fused-ring (bicyclic) bond motifs is 2. The highest BCUT2D eigenvalue weighted by Gasteiger charge is 2.36. The number of benzene rings is 2. The van der Waals surface area contributed by atoms with Crippen LogP contribution in [-0.2, 0) is 11.3 Å². The predicted octanol–water partition coefficient (Wildman–Crippen LogP) is 2.90. The van der Waals surface area contributed by atoms with Crippen LogP contribution in [0.4, 0.5) is 0 Å². The molecule has 120 valence electrons. The molecule has 1 unspecified atom stereocenters. The molecule has 0 aliphatic carbocycles. The first kappa shape index (κ1) is 14.5. The summed E-state index contributed by atoms with van der Waals surface area (Å²) in [4.78, 5) is 25.4. The molecular formula is C19H16N2O3. The Morgan fingerprint density at radius 3 is 2.58 bits per heavy atom. The Morgan fingerprint density at radius 1 is 1.08 bits per heavy atom. The summed E-state index contributed by atoms with van der Waals surface area (Å²) in [5.74, 6) is -0.899. The fourth-order valence-electron chi connectivity index (χ4n) is 3.59. The van der Waals surface area contributed by atoms with Gasteiger partial charge >= 0.3 is 5.97 Å². The molecule has 1 aromatic heterocycles. The molecule has 2 heterocycles. The van der Waals surface area contributed by atoms with E-state index in [-0.39, 0.29) is 18.5 Å². The van der Waals surface area contributed by atoms with E-state index in [0.29, 0.717) is 5.56 Å². The summed E-state index contributed by atoms with van der Waals surface area (Å²) >= 11 is 0. The summed E-state index contributed by atoms with van der Waals surface area (Å²) in [6, 6.07) is 15.1. The van der Waals surface area contributed by atoms with Gasteiger partial charge in [0.25, 0.3) is 5.91 Å². The zero-order valence-corrected chi connectivity index (χ0v) is 13.1. The number of amides is 1. The lowest BCUT2D eigenvalue weighted by atomic mass is 9.98. The summed E-state index contributed by atoms with van der Waals surface area (Å²) in [5, 5.41) is 10.1. The SMILES string of the molecule is CN1C(=O)c2ccccc2C1c1cn(CC(=O)O)c2ccccc12. The third-order valence-corrected chi connectivity index (χ3v) is 4.61. The fraction of sp³-hybridized carbons (Fsp3) is 0.158. The van der Waals surface area contributed by atoms with Crippen LogP contribution in [0.25, 0.3) is 10.9 Å². The number of carbonyl (C=O) groups is 2. The predicted molar refractivity (Wildman–Crippen MR) is 90.0 cm³/mol. The van der Waals surface area contributed by atoms with E-state index in [1.54, 1.807) is 16.5 Å². The van der Waals surface area contributed by atoms with Gasteiger partial charge in [0.2, 0.25) is 0 Å². The summed E-state index contributed by atoms with van der Waals surface area (Å²) < 4.78 is 1.73. The van der Waals surface area contributed by atoms with Crippen LogP contribution in [-0.4, -0.2) is 33.5 Å². The van der Waals surface area contributed by atoms with Crippen LogP contribution in [0.5, 0.6) is 0 Å². The van der Waals surface area contributed by atoms with Gasteiger partial charge in [-0.25, -0.2) is 0 Å². The molecule has 24 heavy (non-hydrogen) atoms. The van der Waals surface area contributed by atoms with Gasteiger partial charge in [-0.1, -0.05) is 36.4 Å². The highest BCUT2D eigenvalue weighted by atomic mass is 16.4. The van der Waals surface area contributed by atoms with Gasteiger partial charge in [0.05, 0.1) is 6.04 Å². The number of carboxylic acid groups (broad SMARTS) is 1. The third kappa shape index (κ3) is 2.01. The van der Waals surface area contributed by atoms with Crippen molar-refractivity contribution in [2.75, 3.05) is 7.05 Å². The molecular weight excluding hydrogens is 304 g/mol. The maximum absolute atomic E-state index is 12.5. The molecule has 3 aromatic rings. The van der Waals surface area contributed by atoms with E-state index in [2.05, 4.69) is 0 Å². The number of carboxylic acids is 1.